The number of hydrogen-bond acceptors (Lipinski definition) is 7. The van der Waals surface area contributed by atoms with Crippen LogP contribution in [0.25, 0.3) is 0 Å². The van der Waals surface area contributed by atoms with Gasteiger partial charge >= 0.3 is 18.0 Å². The third-order valence-electron chi connectivity index (χ3n) is 3.78. The van der Waals surface area contributed by atoms with Gasteiger partial charge in [0.1, 0.15) is 5.69 Å². The van der Waals surface area contributed by atoms with Crippen molar-refractivity contribution in [2.45, 2.75) is 6.92 Å². The Morgan fingerprint density at radius 2 is 1.70 bits per heavy atom. The second-order valence-corrected chi connectivity index (χ2v) is 5.61. The lowest BCUT2D eigenvalue weighted by molar-refractivity contribution is -0.141. The van der Waals surface area contributed by atoms with Crippen LogP contribution in [0.15, 0.2) is 6.07 Å². The Balaban J connectivity index is 3.36. The standard InChI is InChI=1S/C17H24N2O8/c1-9(15(20)21)8-19(2)17(23)18-12-10(16(22)27-6)7-11(24-3)13(25-4)14(12)26-5/h7,9H,8H2,1-6H3,(H,18,23)(H,20,21). The summed E-state index contributed by atoms with van der Waals surface area (Å²) in [5.74, 6) is -2.09. The van der Waals surface area contributed by atoms with Gasteiger partial charge in [0.05, 0.1) is 39.9 Å². The molecule has 10 heteroatoms. The Morgan fingerprint density at radius 3 is 2.15 bits per heavy atom. The number of carbonyl (C=O) groups is 3. The summed E-state index contributed by atoms with van der Waals surface area (Å²) in [7, 11) is 6.73. The van der Waals surface area contributed by atoms with Crippen molar-refractivity contribution in [2.75, 3.05) is 47.3 Å². The van der Waals surface area contributed by atoms with E-state index in [1.54, 1.807) is 0 Å². The van der Waals surface area contributed by atoms with Gasteiger partial charge in [0.2, 0.25) is 5.75 Å². The summed E-state index contributed by atoms with van der Waals surface area (Å²) in [5.41, 5.74) is 0.00172. The summed E-state index contributed by atoms with van der Waals surface area (Å²) in [6.45, 7) is 1.44. The number of nitrogens with zero attached hydrogens (tertiary/aromatic N) is 1. The van der Waals surface area contributed by atoms with Crippen LogP contribution in [0, 0.1) is 5.92 Å². The molecule has 2 N–H and O–H groups in total. The third kappa shape index (κ3) is 4.93. The molecule has 10 nitrogen and oxygen atoms in total. The van der Waals surface area contributed by atoms with Gasteiger partial charge in [-0.05, 0) is 0 Å². The van der Waals surface area contributed by atoms with Gasteiger partial charge in [-0.25, -0.2) is 9.59 Å². The molecule has 0 aliphatic heterocycles. The minimum absolute atomic E-state index is 0.0139. The van der Waals surface area contributed by atoms with Gasteiger partial charge in [0.15, 0.2) is 11.5 Å². The highest BCUT2D eigenvalue weighted by atomic mass is 16.5. The molecule has 0 bridgehead atoms. The molecule has 0 aromatic heterocycles. The van der Waals surface area contributed by atoms with Gasteiger partial charge in [-0.3, -0.25) is 4.79 Å². The number of ether oxygens (including phenoxy) is 4. The Labute approximate surface area is 156 Å². The van der Waals surface area contributed by atoms with Crippen LogP contribution in [0.1, 0.15) is 17.3 Å². The molecular formula is C17H24N2O8. The molecule has 2 amide bonds. The molecule has 1 unspecified atom stereocenters. The highest BCUT2D eigenvalue weighted by Crippen LogP contribution is 2.45. The molecule has 0 heterocycles. The number of amides is 2. The van der Waals surface area contributed by atoms with Gasteiger partial charge in [0, 0.05) is 19.7 Å². The fourth-order valence-electron chi connectivity index (χ4n) is 2.33. The summed E-state index contributed by atoms with van der Waals surface area (Å²) >= 11 is 0. The number of esters is 1. The topological polar surface area (TPSA) is 124 Å². The van der Waals surface area contributed by atoms with Crippen molar-refractivity contribution in [3.63, 3.8) is 0 Å². The maximum atomic E-state index is 12.5. The normalized spacial score (nSPS) is 11.2. The molecule has 27 heavy (non-hydrogen) atoms. The zero-order valence-corrected chi connectivity index (χ0v) is 16.1. The number of carboxylic acids is 1. The molecule has 0 fully saturated rings. The van der Waals surface area contributed by atoms with Crippen LogP contribution < -0.4 is 19.5 Å². The van der Waals surface area contributed by atoms with Crippen molar-refractivity contribution < 1.29 is 38.4 Å². The first kappa shape index (κ1) is 21.9. The lowest BCUT2D eigenvalue weighted by Crippen LogP contribution is -2.37. The van der Waals surface area contributed by atoms with Crippen molar-refractivity contribution in [2.24, 2.45) is 5.92 Å². The average molecular weight is 384 g/mol. The monoisotopic (exact) mass is 384 g/mol. The van der Waals surface area contributed by atoms with E-state index in [9.17, 15) is 14.4 Å². The molecule has 0 radical (unpaired) electrons. The van der Waals surface area contributed by atoms with E-state index >= 15 is 0 Å². The number of hydrogen-bond donors (Lipinski definition) is 2. The van der Waals surface area contributed by atoms with Crippen molar-refractivity contribution in [3.05, 3.63) is 11.6 Å². The number of anilines is 1. The van der Waals surface area contributed by atoms with Crippen LogP contribution in [-0.2, 0) is 9.53 Å². The summed E-state index contributed by atoms with van der Waals surface area (Å²) in [6.07, 6.45) is 0. The molecule has 1 atom stereocenters. The van der Waals surface area contributed by atoms with E-state index in [-0.39, 0.29) is 35.0 Å². The fourth-order valence-corrected chi connectivity index (χ4v) is 2.33. The van der Waals surface area contributed by atoms with E-state index in [0.29, 0.717) is 0 Å². The molecule has 1 aromatic rings. The lowest BCUT2D eigenvalue weighted by Gasteiger charge is -2.23. The summed E-state index contributed by atoms with van der Waals surface area (Å²) in [4.78, 5) is 36.8. The molecule has 0 aliphatic rings. The number of rotatable bonds is 8. The van der Waals surface area contributed by atoms with Crippen LogP contribution in [0.2, 0.25) is 0 Å². The van der Waals surface area contributed by atoms with E-state index < -0.39 is 23.9 Å². The maximum absolute atomic E-state index is 12.5. The molecule has 150 valence electrons. The molecule has 0 aliphatic carbocycles. The SMILES string of the molecule is COC(=O)c1cc(OC)c(OC)c(OC)c1NC(=O)N(C)CC(C)C(=O)O. The Morgan fingerprint density at radius 1 is 1.11 bits per heavy atom. The number of benzene rings is 1. The zero-order valence-electron chi connectivity index (χ0n) is 16.1. The van der Waals surface area contributed by atoms with E-state index in [1.807, 2.05) is 0 Å². The Hall–Kier alpha value is -3.17. The van der Waals surface area contributed by atoms with Crippen LogP contribution >= 0.6 is 0 Å². The molecule has 1 rings (SSSR count). The summed E-state index contributed by atoms with van der Waals surface area (Å²) in [5, 5.41) is 11.5. The first-order valence-electron chi connectivity index (χ1n) is 7.87. The summed E-state index contributed by atoms with van der Waals surface area (Å²) in [6, 6.07) is 0.710. The zero-order chi connectivity index (χ0) is 20.7. The number of carbonyl (C=O) groups excluding carboxylic acids is 2. The molecule has 0 spiro atoms. The highest BCUT2D eigenvalue weighted by Gasteiger charge is 2.27. The molecule has 0 saturated carbocycles. The lowest BCUT2D eigenvalue weighted by atomic mass is 10.1. The van der Waals surface area contributed by atoms with Crippen LogP contribution in [-0.4, -0.2) is 70.0 Å². The first-order chi connectivity index (χ1) is 12.7. The van der Waals surface area contributed by atoms with Gasteiger partial charge in [-0.1, -0.05) is 6.92 Å². The van der Waals surface area contributed by atoms with E-state index in [2.05, 4.69) is 5.32 Å². The van der Waals surface area contributed by atoms with Crippen LogP contribution in [0.3, 0.4) is 0 Å². The van der Waals surface area contributed by atoms with Crippen LogP contribution in [0.5, 0.6) is 17.2 Å². The fraction of sp³-hybridized carbons (Fsp3) is 0.471. The van der Waals surface area contributed by atoms with Crippen molar-refractivity contribution >= 4 is 23.7 Å². The predicted octanol–water partition coefficient (Wildman–Crippen LogP) is 1.68. The number of carboxylic acid groups (broad SMARTS) is 1. The highest BCUT2D eigenvalue weighted by molar-refractivity contribution is 6.04. The minimum Gasteiger partial charge on any atom is -0.493 e. The Kier molecular flexibility index (Phi) is 7.70. The predicted molar refractivity (Wildman–Crippen MR) is 95.9 cm³/mol. The molecular weight excluding hydrogens is 360 g/mol. The summed E-state index contributed by atoms with van der Waals surface area (Å²) < 4.78 is 20.5. The van der Waals surface area contributed by atoms with Gasteiger partial charge in [-0.2, -0.15) is 0 Å². The van der Waals surface area contributed by atoms with E-state index in [0.717, 1.165) is 0 Å². The number of nitrogens with one attached hydrogen (secondary N) is 1. The maximum Gasteiger partial charge on any atom is 0.340 e. The molecule has 1 aromatic carbocycles. The van der Waals surface area contributed by atoms with Gasteiger partial charge in [0.25, 0.3) is 0 Å². The second kappa shape index (κ2) is 9.51. The van der Waals surface area contributed by atoms with Gasteiger partial charge < -0.3 is 34.3 Å². The van der Waals surface area contributed by atoms with Crippen molar-refractivity contribution in [1.82, 2.24) is 4.90 Å². The smallest absolute Gasteiger partial charge is 0.340 e. The van der Waals surface area contributed by atoms with Crippen molar-refractivity contribution in [3.8, 4) is 17.2 Å². The van der Waals surface area contributed by atoms with E-state index in [4.69, 9.17) is 24.1 Å². The number of methoxy groups -OCH3 is 4. The first-order valence-corrected chi connectivity index (χ1v) is 7.87. The second-order valence-electron chi connectivity index (χ2n) is 5.61. The number of aliphatic carboxylic acids is 1. The van der Waals surface area contributed by atoms with Crippen molar-refractivity contribution in [1.29, 1.82) is 0 Å². The largest absolute Gasteiger partial charge is 0.493 e. The minimum atomic E-state index is -1.03. The number of urea groups is 1. The van der Waals surface area contributed by atoms with Gasteiger partial charge in [-0.15, -0.1) is 0 Å². The van der Waals surface area contributed by atoms with Crippen LogP contribution in [0.4, 0.5) is 10.5 Å². The average Bonchev–Trinajstić information content (AvgIpc) is 2.65. The Bertz CT molecular complexity index is 719. The molecule has 0 saturated heterocycles. The van der Waals surface area contributed by atoms with E-state index in [1.165, 1.54) is 53.4 Å². The quantitative estimate of drug-likeness (QED) is 0.649. The third-order valence-corrected chi connectivity index (χ3v) is 3.78.